The van der Waals surface area contributed by atoms with Crippen molar-refractivity contribution in [3.63, 3.8) is 0 Å². The van der Waals surface area contributed by atoms with Crippen LogP contribution >= 0.6 is 12.2 Å². The van der Waals surface area contributed by atoms with Crippen LogP contribution in [0.1, 0.15) is 23.2 Å². The molecule has 3 N–H and O–H groups in total. The number of anilines is 1. The Morgan fingerprint density at radius 1 is 1.08 bits per heavy atom. The summed E-state index contributed by atoms with van der Waals surface area (Å²) >= 11 is 5.03. The molecule has 0 spiro atoms. The van der Waals surface area contributed by atoms with Crippen LogP contribution in [0.2, 0.25) is 0 Å². The fraction of sp³-hybridized carbons (Fsp3) is 0.375. The predicted octanol–water partition coefficient (Wildman–Crippen LogP) is 0.829. The first-order valence-corrected chi connectivity index (χ1v) is 7.94. The van der Waals surface area contributed by atoms with E-state index in [2.05, 4.69) is 16.0 Å². The van der Waals surface area contributed by atoms with E-state index < -0.39 is 11.9 Å². The van der Waals surface area contributed by atoms with E-state index in [9.17, 15) is 14.4 Å². The smallest absolute Gasteiger partial charge is 0.306 e. The fourth-order valence-corrected chi connectivity index (χ4v) is 1.96. The third kappa shape index (κ3) is 8.23. The monoisotopic (exact) mass is 367 g/mol. The number of methoxy groups -OCH3 is 1. The topological polar surface area (TPSA) is 106 Å². The zero-order valence-corrected chi connectivity index (χ0v) is 14.9. The maximum Gasteiger partial charge on any atom is 0.306 e. The van der Waals surface area contributed by atoms with Gasteiger partial charge in [-0.15, -0.1) is 0 Å². The van der Waals surface area contributed by atoms with Gasteiger partial charge in [0.2, 0.25) is 5.91 Å². The quantitative estimate of drug-likeness (QED) is 0.355. The Labute approximate surface area is 151 Å². The van der Waals surface area contributed by atoms with Crippen LogP contribution in [-0.4, -0.2) is 50.3 Å². The van der Waals surface area contributed by atoms with E-state index in [1.807, 2.05) is 0 Å². The maximum atomic E-state index is 11.7. The van der Waals surface area contributed by atoms with E-state index in [4.69, 9.17) is 21.7 Å². The van der Waals surface area contributed by atoms with Crippen molar-refractivity contribution in [1.29, 1.82) is 0 Å². The van der Waals surface area contributed by atoms with Crippen molar-refractivity contribution >= 4 is 40.8 Å². The average Bonchev–Trinajstić information content (AvgIpc) is 2.60. The number of carbonyl (C=O) groups excluding carboxylic acids is 3. The zero-order chi connectivity index (χ0) is 18.7. The molecule has 1 aromatic rings. The highest BCUT2D eigenvalue weighted by molar-refractivity contribution is 7.80. The molecule has 8 nitrogen and oxygen atoms in total. The van der Waals surface area contributed by atoms with Crippen LogP contribution in [0.15, 0.2) is 24.3 Å². The van der Waals surface area contributed by atoms with Crippen LogP contribution in [0.5, 0.6) is 0 Å². The lowest BCUT2D eigenvalue weighted by molar-refractivity contribution is -0.146. The van der Waals surface area contributed by atoms with Gasteiger partial charge in [-0.25, -0.2) is 0 Å². The molecule has 0 radical (unpaired) electrons. The Morgan fingerprint density at radius 3 is 2.36 bits per heavy atom. The van der Waals surface area contributed by atoms with Crippen molar-refractivity contribution in [2.24, 2.45) is 0 Å². The van der Waals surface area contributed by atoms with Crippen molar-refractivity contribution in [3.8, 4) is 0 Å². The van der Waals surface area contributed by atoms with Gasteiger partial charge in [0.05, 0.1) is 13.0 Å². The summed E-state index contributed by atoms with van der Waals surface area (Å²) in [6.07, 6.45) is -0.0811. The molecule has 9 heteroatoms. The van der Waals surface area contributed by atoms with Gasteiger partial charge in [-0.2, -0.15) is 0 Å². The minimum absolute atomic E-state index is 0.0384. The maximum absolute atomic E-state index is 11.7. The molecule has 0 aromatic heterocycles. The van der Waals surface area contributed by atoms with Crippen molar-refractivity contribution in [3.05, 3.63) is 29.8 Å². The van der Waals surface area contributed by atoms with Crippen LogP contribution < -0.4 is 16.0 Å². The van der Waals surface area contributed by atoms with Crippen LogP contribution in [0.25, 0.3) is 0 Å². The molecule has 0 fully saturated rings. The Kier molecular flexibility index (Phi) is 9.12. The lowest BCUT2D eigenvalue weighted by atomic mass is 10.2. The summed E-state index contributed by atoms with van der Waals surface area (Å²) in [4.78, 5) is 34.6. The number of hydrogen-bond acceptors (Lipinski definition) is 6. The second kappa shape index (κ2) is 11.1. The van der Waals surface area contributed by atoms with Crippen LogP contribution in [0, 0.1) is 0 Å². The number of nitrogens with one attached hydrogen (secondary N) is 3. The molecule has 136 valence electrons. The fourth-order valence-electron chi connectivity index (χ4n) is 1.73. The number of esters is 1. The molecule has 0 unspecified atom stereocenters. The van der Waals surface area contributed by atoms with Gasteiger partial charge in [-0.1, -0.05) is 0 Å². The van der Waals surface area contributed by atoms with Crippen LogP contribution in [0.4, 0.5) is 5.69 Å². The third-order valence-electron chi connectivity index (χ3n) is 2.99. The molecular formula is C16H21N3O5S. The predicted molar refractivity (Wildman–Crippen MR) is 96.3 cm³/mol. The summed E-state index contributed by atoms with van der Waals surface area (Å²) < 4.78 is 9.60. The molecule has 2 amide bonds. The normalized spacial score (nSPS) is 9.84. The third-order valence-corrected chi connectivity index (χ3v) is 3.20. The van der Waals surface area contributed by atoms with Crippen molar-refractivity contribution < 1.29 is 23.9 Å². The summed E-state index contributed by atoms with van der Waals surface area (Å²) in [5.74, 6) is -1.07. The number of carbonyl (C=O) groups is 3. The second-order valence-corrected chi connectivity index (χ2v) is 5.28. The second-order valence-electron chi connectivity index (χ2n) is 4.87. The molecule has 1 rings (SSSR count). The van der Waals surface area contributed by atoms with Gasteiger partial charge in [-0.3, -0.25) is 14.4 Å². The summed E-state index contributed by atoms with van der Waals surface area (Å²) in [6.45, 7) is 0.466. The standard InChI is InChI=1S/C16H21N3O5S/c1-17-15(22)11-3-5-12(6-4-11)18-16(25)19-13(20)7-8-14(21)24-10-9-23-2/h3-6H,7-10H2,1-2H3,(H,17,22)(H2,18,19,20,25). The largest absolute Gasteiger partial charge is 0.463 e. The average molecular weight is 367 g/mol. The van der Waals surface area contributed by atoms with Crippen molar-refractivity contribution in [1.82, 2.24) is 10.6 Å². The zero-order valence-electron chi connectivity index (χ0n) is 14.1. The molecule has 0 aliphatic heterocycles. The summed E-state index contributed by atoms with van der Waals surface area (Å²) in [5, 5.41) is 7.91. The van der Waals surface area contributed by atoms with E-state index in [0.717, 1.165) is 0 Å². The number of hydrogen-bond donors (Lipinski definition) is 3. The minimum atomic E-state index is -0.476. The first-order valence-electron chi connectivity index (χ1n) is 7.53. The highest BCUT2D eigenvalue weighted by atomic mass is 32.1. The molecule has 0 aliphatic rings. The van der Waals surface area contributed by atoms with Crippen LogP contribution in [0.3, 0.4) is 0 Å². The molecule has 0 saturated heterocycles. The molecule has 0 aliphatic carbocycles. The van der Waals surface area contributed by atoms with E-state index in [0.29, 0.717) is 17.9 Å². The molecule has 1 aromatic carbocycles. The molecule has 0 atom stereocenters. The van der Waals surface area contributed by atoms with Gasteiger partial charge in [0, 0.05) is 31.8 Å². The molecule has 0 heterocycles. The highest BCUT2D eigenvalue weighted by Crippen LogP contribution is 2.09. The number of amides is 2. The van der Waals surface area contributed by atoms with Crippen molar-refractivity contribution in [2.75, 3.05) is 32.7 Å². The van der Waals surface area contributed by atoms with E-state index in [-0.39, 0.29) is 30.5 Å². The van der Waals surface area contributed by atoms with Crippen molar-refractivity contribution in [2.45, 2.75) is 12.8 Å². The molecule has 0 saturated carbocycles. The number of ether oxygens (including phenoxy) is 2. The Bertz CT molecular complexity index is 619. The first-order chi connectivity index (χ1) is 12.0. The van der Waals surface area contributed by atoms with Gasteiger partial charge in [-0.05, 0) is 36.5 Å². The van der Waals surface area contributed by atoms with Gasteiger partial charge >= 0.3 is 5.97 Å². The Hall–Kier alpha value is -2.52. The van der Waals surface area contributed by atoms with Gasteiger partial charge in [0.15, 0.2) is 5.11 Å². The Morgan fingerprint density at radius 2 is 1.76 bits per heavy atom. The lowest BCUT2D eigenvalue weighted by Crippen LogP contribution is -2.34. The van der Waals surface area contributed by atoms with Crippen LogP contribution in [-0.2, 0) is 19.1 Å². The van der Waals surface area contributed by atoms with Gasteiger partial charge in [0.25, 0.3) is 5.91 Å². The van der Waals surface area contributed by atoms with E-state index in [1.54, 1.807) is 31.3 Å². The summed E-state index contributed by atoms with van der Waals surface area (Å²) in [6, 6.07) is 6.58. The number of rotatable bonds is 8. The molecule has 0 bridgehead atoms. The van der Waals surface area contributed by atoms with E-state index >= 15 is 0 Å². The van der Waals surface area contributed by atoms with Gasteiger partial charge in [0.1, 0.15) is 6.61 Å². The summed E-state index contributed by atoms with van der Waals surface area (Å²) in [7, 11) is 3.05. The number of thiocarbonyl (C=S) groups is 1. The number of benzene rings is 1. The Balaban J connectivity index is 2.34. The highest BCUT2D eigenvalue weighted by Gasteiger charge is 2.10. The minimum Gasteiger partial charge on any atom is -0.463 e. The first kappa shape index (κ1) is 20.5. The van der Waals surface area contributed by atoms with Gasteiger partial charge < -0.3 is 25.4 Å². The molecule has 25 heavy (non-hydrogen) atoms. The summed E-state index contributed by atoms with van der Waals surface area (Å²) in [5.41, 5.74) is 1.13. The lowest BCUT2D eigenvalue weighted by Gasteiger charge is -2.10. The molecular weight excluding hydrogens is 346 g/mol. The SMILES string of the molecule is CNC(=O)c1ccc(NC(=S)NC(=O)CCC(=O)OCCOC)cc1. The van der Waals surface area contributed by atoms with E-state index in [1.165, 1.54) is 7.11 Å².